The molecule has 1 aromatic heterocycles. The smallest absolute Gasteiger partial charge is 0.171 e. The van der Waals surface area contributed by atoms with Crippen LogP contribution in [0.5, 0.6) is 0 Å². The van der Waals surface area contributed by atoms with E-state index in [0.29, 0.717) is 18.8 Å². The van der Waals surface area contributed by atoms with Gasteiger partial charge in [0.1, 0.15) is 5.82 Å². The number of ether oxygens (including phenoxy) is 1. The predicted octanol–water partition coefficient (Wildman–Crippen LogP) is 0.649. The summed E-state index contributed by atoms with van der Waals surface area (Å²) in [5.41, 5.74) is 6.04. The second kappa shape index (κ2) is 6.70. The van der Waals surface area contributed by atoms with Crippen LogP contribution in [0.1, 0.15) is 12.5 Å². The maximum atomic E-state index is 8.52. The average molecular weight is 238 g/mol. The van der Waals surface area contributed by atoms with Crippen LogP contribution in [0.15, 0.2) is 23.5 Å². The minimum Gasteiger partial charge on any atom is -0.409 e. The van der Waals surface area contributed by atoms with Gasteiger partial charge in [-0.1, -0.05) is 5.16 Å². The zero-order valence-electron chi connectivity index (χ0n) is 10.1. The molecule has 0 aliphatic heterocycles. The molecule has 0 spiro atoms. The maximum absolute atomic E-state index is 8.52. The lowest BCUT2D eigenvalue weighted by atomic mass is 10.2. The summed E-state index contributed by atoms with van der Waals surface area (Å²) in [6.07, 6.45) is 1.57. The minimum absolute atomic E-state index is 0.0565. The van der Waals surface area contributed by atoms with Gasteiger partial charge in [0.2, 0.25) is 0 Å². The quantitative estimate of drug-likeness (QED) is 0.250. The number of nitrogens with zero attached hydrogens (tertiary/aromatic N) is 3. The number of hydrogen-bond acceptors (Lipinski definition) is 5. The van der Waals surface area contributed by atoms with Crippen molar-refractivity contribution < 1.29 is 9.94 Å². The van der Waals surface area contributed by atoms with Gasteiger partial charge in [-0.25, -0.2) is 4.98 Å². The molecule has 0 saturated carbocycles. The Kier molecular flexibility index (Phi) is 5.22. The van der Waals surface area contributed by atoms with Crippen LogP contribution in [0.25, 0.3) is 0 Å². The van der Waals surface area contributed by atoms with Crippen LogP contribution in [0.3, 0.4) is 0 Å². The van der Waals surface area contributed by atoms with Crippen molar-refractivity contribution in [2.75, 3.05) is 31.7 Å². The van der Waals surface area contributed by atoms with Crippen LogP contribution in [-0.2, 0) is 4.74 Å². The van der Waals surface area contributed by atoms with Crippen molar-refractivity contribution >= 4 is 11.7 Å². The topological polar surface area (TPSA) is 84.0 Å². The first-order chi connectivity index (χ1) is 8.19. The molecule has 6 heteroatoms. The van der Waals surface area contributed by atoms with Crippen LogP contribution >= 0.6 is 0 Å². The molecule has 0 bridgehead atoms. The lowest BCUT2D eigenvalue weighted by Gasteiger charge is -2.17. The van der Waals surface area contributed by atoms with Crippen LogP contribution < -0.4 is 10.6 Å². The van der Waals surface area contributed by atoms with E-state index >= 15 is 0 Å². The van der Waals surface area contributed by atoms with Crippen LogP contribution in [0.4, 0.5) is 5.82 Å². The average Bonchev–Trinajstić information content (AvgIpc) is 2.38. The Hall–Kier alpha value is -1.82. The SMILES string of the molecule is CCOCCN(C)c1ccc(/C(N)=N/O)cn1. The van der Waals surface area contributed by atoms with Gasteiger partial charge in [0.15, 0.2) is 5.84 Å². The van der Waals surface area contributed by atoms with Crippen molar-refractivity contribution in [2.24, 2.45) is 10.9 Å². The van der Waals surface area contributed by atoms with Crippen LogP contribution in [0.2, 0.25) is 0 Å². The Morgan fingerprint density at radius 1 is 1.59 bits per heavy atom. The summed E-state index contributed by atoms with van der Waals surface area (Å²) in [5.74, 6) is 0.875. The summed E-state index contributed by atoms with van der Waals surface area (Å²) >= 11 is 0. The minimum atomic E-state index is 0.0565. The lowest BCUT2D eigenvalue weighted by Crippen LogP contribution is -2.23. The van der Waals surface area contributed by atoms with Crippen molar-refractivity contribution in [3.8, 4) is 0 Å². The molecule has 0 aromatic carbocycles. The highest BCUT2D eigenvalue weighted by molar-refractivity contribution is 5.96. The molecule has 0 aliphatic rings. The van der Waals surface area contributed by atoms with Crippen LogP contribution in [-0.4, -0.2) is 42.8 Å². The number of pyridine rings is 1. The summed E-state index contributed by atoms with van der Waals surface area (Å²) in [5, 5.41) is 11.4. The monoisotopic (exact) mass is 238 g/mol. The van der Waals surface area contributed by atoms with Gasteiger partial charge >= 0.3 is 0 Å². The molecule has 0 radical (unpaired) electrons. The molecule has 0 amide bonds. The van der Waals surface area contributed by atoms with Gasteiger partial charge in [-0.15, -0.1) is 0 Å². The fourth-order valence-electron chi connectivity index (χ4n) is 1.28. The number of amidine groups is 1. The van der Waals surface area contributed by atoms with E-state index in [4.69, 9.17) is 15.7 Å². The van der Waals surface area contributed by atoms with E-state index in [1.54, 1.807) is 12.3 Å². The van der Waals surface area contributed by atoms with Gasteiger partial charge < -0.3 is 20.6 Å². The Bertz CT molecular complexity index is 364. The van der Waals surface area contributed by atoms with Gasteiger partial charge in [-0.05, 0) is 19.1 Å². The fourth-order valence-corrected chi connectivity index (χ4v) is 1.28. The van der Waals surface area contributed by atoms with Gasteiger partial charge in [0.05, 0.1) is 6.61 Å². The summed E-state index contributed by atoms with van der Waals surface area (Å²) in [6.45, 7) is 4.11. The molecule has 94 valence electrons. The standard InChI is InChI=1S/C11H18N4O2/c1-3-17-7-6-15(2)10-5-4-9(8-13-10)11(12)14-16/h4-5,8,16H,3,6-7H2,1-2H3,(H2,12,14). The third-order valence-corrected chi connectivity index (χ3v) is 2.32. The molecular weight excluding hydrogens is 220 g/mol. The summed E-state index contributed by atoms with van der Waals surface area (Å²) in [6, 6.07) is 3.58. The second-order valence-electron chi connectivity index (χ2n) is 3.51. The Morgan fingerprint density at radius 3 is 2.88 bits per heavy atom. The van der Waals surface area contributed by atoms with Crippen molar-refractivity contribution in [1.82, 2.24) is 4.98 Å². The first kappa shape index (κ1) is 13.2. The summed E-state index contributed by atoms with van der Waals surface area (Å²) in [4.78, 5) is 6.20. The highest BCUT2D eigenvalue weighted by atomic mass is 16.5. The number of oxime groups is 1. The molecule has 1 heterocycles. The third kappa shape index (κ3) is 3.92. The molecule has 0 aliphatic carbocycles. The predicted molar refractivity (Wildman–Crippen MR) is 66.5 cm³/mol. The van der Waals surface area contributed by atoms with Crippen LogP contribution in [0, 0.1) is 0 Å². The van der Waals surface area contributed by atoms with Crippen molar-refractivity contribution in [3.63, 3.8) is 0 Å². The van der Waals surface area contributed by atoms with Crippen molar-refractivity contribution in [3.05, 3.63) is 23.9 Å². The molecule has 0 unspecified atom stereocenters. The third-order valence-electron chi connectivity index (χ3n) is 2.32. The van der Waals surface area contributed by atoms with E-state index in [9.17, 15) is 0 Å². The Labute approximate surface area is 101 Å². The molecule has 6 nitrogen and oxygen atoms in total. The lowest BCUT2D eigenvalue weighted by molar-refractivity contribution is 0.154. The summed E-state index contributed by atoms with van der Waals surface area (Å²) in [7, 11) is 1.94. The van der Waals surface area contributed by atoms with Gasteiger partial charge in [-0.3, -0.25) is 0 Å². The first-order valence-electron chi connectivity index (χ1n) is 5.41. The molecular formula is C11H18N4O2. The Morgan fingerprint density at radius 2 is 2.35 bits per heavy atom. The van der Waals surface area contributed by atoms with E-state index < -0.39 is 0 Å². The molecule has 0 saturated heterocycles. The largest absolute Gasteiger partial charge is 0.409 e. The molecule has 17 heavy (non-hydrogen) atoms. The van der Waals surface area contributed by atoms with Crippen molar-refractivity contribution in [2.45, 2.75) is 6.92 Å². The Balaban J connectivity index is 2.61. The number of hydrogen-bond donors (Lipinski definition) is 2. The normalized spacial score (nSPS) is 11.5. The van der Waals surface area contributed by atoms with E-state index in [2.05, 4.69) is 10.1 Å². The number of rotatable bonds is 6. The number of nitrogens with two attached hydrogens (primary N) is 1. The highest BCUT2D eigenvalue weighted by Crippen LogP contribution is 2.09. The van der Waals surface area contributed by atoms with Gasteiger partial charge in [-0.2, -0.15) is 0 Å². The number of aromatic nitrogens is 1. The molecule has 0 fully saturated rings. The van der Waals surface area contributed by atoms with E-state index in [1.165, 1.54) is 0 Å². The number of likely N-dealkylation sites (N-methyl/N-ethyl adjacent to an activating group) is 1. The highest BCUT2D eigenvalue weighted by Gasteiger charge is 2.04. The molecule has 0 atom stereocenters. The number of anilines is 1. The fraction of sp³-hybridized carbons (Fsp3) is 0.455. The molecule has 1 rings (SSSR count). The van der Waals surface area contributed by atoms with Crippen molar-refractivity contribution in [1.29, 1.82) is 0 Å². The molecule has 3 N–H and O–H groups in total. The second-order valence-corrected chi connectivity index (χ2v) is 3.51. The van der Waals surface area contributed by atoms with E-state index in [0.717, 1.165) is 12.4 Å². The van der Waals surface area contributed by atoms with E-state index in [1.807, 2.05) is 24.9 Å². The van der Waals surface area contributed by atoms with Gasteiger partial charge in [0.25, 0.3) is 0 Å². The van der Waals surface area contributed by atoms with Gasteiger partial charge in [0, 0.05) is 32.0 Å². The summed E-state index contributed by atoms with van der Waals surface area (Å²) < 4.78 is 5.26. The zero-order valence-corrected chi connectivity index (χ0v) is 10.1. The first-order valence-corrected chi connectivity index (χ1v) is 5.41. The molecule has 1 aromatic rings. The zero-order chi connectivity index (χ0) is 12.7. The van der Waals surface area contributed by atoms with E-state index in [-0.39, 0.29) is 5.84 Å². The maximum Gasteiger partial charge on any atom is 0.171 e.